The van der Waals surface area contributed by atoms with Crippen molar-refractivity contribution in [3.05, 3.63) is 87.7 Å². The zero-order valence-electron chi connectivity index (χ0n) is 17.2. The predicted octanol–water partition coefficient (Wildman–Crippen LogP) is 5.12. The van der Waals surface area contributed by atoms with Gasteiger partial charge in [-0.3, -0.25) is 4.79 Å². The number of rotatable bonds is 6. The Morgan fingerprint density at radius 1 is 1.09 bits per heavy atom. The molecule has 4 rings (SSSR count). The zero-order chi connectivity index (χ0) is 22.7. The van der Waals surface area contributed by atoms with Gasteiger partial charge in [0.15, 0.2) is 10.9 Å². The number of amides is 1. The third-order valence-electron chi connectivity index (χ3n) is 4.43. The Morgan fingerprint density at radius 2 is 1.81 bits per heavy atom. The maximum absolute atomic E-state index is 13.5. The van der Waals surface area contributed by atoms with Gasteiger partial charge in [-0.2, -0.15) is 0 Å². The van der Waals surface area contributed by atoms with Crippen molar-refractivity contribution in [3.63, 3.8) is 0 Å². The highest BCUT2D eigenvalue weighted by Crippen LogP contribution is 2.25. The molecule has 0 radical (unpaired) electrons. The van der Waals surface area contributed by atoms with Gasteiger partial charge in [0.1, 0.15) is 5.82 Å². The summed E-state index contributed by atoms with van der Waals surface area (Å²) in [7, 11) is 0. The first-order valence-corrected chi connectivity index (χ1v) is 11.4. The molecule has 1 amide bonds. The van der Waals surface area contributed by atoms with Gasteiger partial charge in [0.2, 0.25) is 0 Å². The molecular formula is C22H18BrFN6OS. The van der Waals surface area contributed by atoms with E-state index in [1.165, 1.54) is 30.0 Å². The lowest BCUT2D eigenvalue weighted by atomic mass is 10.2. The normalized spacial score (nSPS) is 10.9. The molecule has 0 fully saturated rings. The van der Waals surface area contributed by atoms with E-state index >= 15 is 0 Å². The summed E-state index contributed by atoms with van der Waals surface area (Å²) in [5, 5.41) is 11.6. The number of aryl methyl sites for hydroxylation is 2. The third-order valence-corrected chi connectivity index (χ3v) is 5.82. The zero-order valence-corrected chi connectivity index (χ0v) is 19.6. The lowest BCUT2D eigenvalue weighted by molar-refractivity contribution is 0.102. The maximum Gasteiger partial charge on any atom is 0.278 e. The number of carbonyl (C=O) groups is 1. The second-order valence-electron chi connectivity index (χ2n) is 6.96. The summed E-state index contributed by atoms with van der Waals surface area (Å²) in [6.45, 7) is 3.81. The average molecular weight is 513 g/mol. The summed E-state index contributed by atoms with van der Waals surface area (Å²) in [6.07, 6.45) is 0. The van der Waals surface area contributed by atoms with Gasteiger partial charge >= 0.3 is 0 Å². The Labute approximate surface area is 196 Å². The van der Waals surface area contributed by atoms with Crippen LogP contribution in [0.3, 0.4) is 0 Å². The lowest BCUT2D eigenvalue weighted by Gasteiger charge is -2.09. The van der Waals surface area contributed by atoms with Crippen molar-refractivity contribution in [1.82, 2.24) is 25.0 Å². The molecule has 0 aliphatic heterocycles. The Bertz CT molecular complexity index is 1260. The Hall–Kier alpha value is -3.11. The summed E-state index contributed by atoms with van der Waals surface area (Å²) in [5.41, 5.74) is 3.54. The SMILES string of the molecule is Cc1cc(C)nc(SCc2c(C(=O)Nc3cccc(F)c3)nnn2-c2ccc(Br)cc2)n1. The molecule has 0 saturated heterocycles. The molecule has 0 unspecified atom stereocenters. The van der Waals surface area contributed by atoms with Gasteiger partial charge < -0.3 is 5.32 Å². The molecule has 0 atom stereocenters. The number of nitrogens with zero attached hydrogens (tertiary/aromatic N) is 5. The second kappa shape index (κ2) is 9.58. The van der Waals surface area contributed by atoms with Crippen molar-refractivity contribution in [2.24, 2.45) is 0 Å². The number of carbonyl (C=O) groups excluding carboxylic acids is 1. The van der Waals surface area contributed by atoms with Crippen LogP contribution in [0.4, 0.5) is 10.1 Å². The topological polar surface area (TPSA) is 85.6 Å². The fourth-order valence-electron chi connectivity index (χ4n) is 3.04. The number of benzene rings is 2. The van der Waals surface area contributed by atoms with Crippen molar-refractivity contribution in [3.8, 4) is 5.69 Å². The van der Waals surface area contributed by atoms with Crippen LogP contribution >= 0.6 is 27.7 Å². The van der Waals surface area contributed by atoms with Crippen LogP contribution in [-0.4, -0.2) is 30.9 Å². The first-order chi connectivity index (χ1) is 15.4. The highest BCUT2D eigenvalue weighted by Gasteiger charge is 2.22. The van der Waals surface area contributed by atoms with Crippen LogP contribution in [0.5, 0.6) is 0 Å². The molecule has 1 N–H and O–H groups in total. The Balaban J connectivity index is 1.67. The monoisotopic (exact) mass is 512 g/mol. The van der Waals surface area contributed by atoms with Gasteiger partial charge in [0.25, 0.3) is 5.91 Å². The quantitative estimate of drug-likeness (QED) is 0.285. The van der Waals surface area contributed by atoms with Gasteiger partial charge in [0, 0.05) is 27.3 Å². The summed E-state index contributed by atoms with van der Waals surface area (Å²) in [4.78, 5) is 21.9. The molecule has 4 aromatic rings. The van der Waals surface area contributed by atoms with E-state index in [1.54, 1.807) is 10.7 Å². The molecule has 10 heteroatoms. The van der Waals surface area contributed by atoms with Gasteiger partial charge in [-0.15, -0.1) is 5.10 Å². The summed E-state index contributed by atoms with van der Waals surface area (Å²) < 4.78 is 16.1. The summed E-state index contributed by atoms with van der Waals surface area (Å²) in [6, 6.07) is 15.1. The molecule has 0 bridgehead atoms. The van der Waals surface area contributed by atoms with Crippen molar-refractivity contribution < 1.29 is 9.18 Å². The smallest absolute Gasteiger partial charge is 0.278 e. The molecule has 2 aromatic heterocycles. The minimum Gasteiger partial charge on any atom is -0.320 e. The predicted molar refractivity (Wildman–Crippen MR) is 124 cm³/mol. The maximum atomic E-state index is 13.5. The standard InChI is InChI=1S/C22H18BrFN6OS/c1-13-10-14(2)26-22(25-13)32-12-19-20(21(31)27-17-5-3-4-16(24)11-17)28-29-30(19)18-8-6-15(23)7-9-18/h3-11H,12H2,1-2H3,(H,27,31). The molecule has 2 aromatic carbocycles. The van der Waals surface area contributed by atoms with Crippen molar-refractivity contribution >= 4 is 39.3 Å². The van der Waals surface area contributed by atoms with Crippen LogP contribution < -0.4 is 5.32 Å². The number of hydrogen-bond acceptors (Lipinski definition) is 6. The number of aromatic nitrogens is 5. The summed E-state index contributed by atoms with van der Waals surface area (Å²) >= 11 is 4.81. The minimum absolute atomic E-state index is 0.147. The number of nitrogens with one attached hydrogen (secondary N) is 1. The van der Waals surface area contributed by atoms with Gasteiger partial charge in [-0.1, -0.05) is 39.0 Å². The summed E-state index contributed by atoms with van der Waals surface area (Å²) in [5.74, 6) is -0.558. The number of hydrogen-bond donors (Lipinski definition) is 1. The Morgan fingerprint density at radius 3 is 2.50 bits per heavy atom. The number of anilines is 1. The van der Waals surface area contributed by atoms with Crippen LogP contribution in [-0.2, 0) is 5.75 Å². The lowest BCUT2D eigenvalue weighted by Crippen LogP contribution is -2.15. The molecule has 0 aliphatic rings. The van der Waals surface area contributed by atoms with Crippen molar-refractivity contribution in [2.75, 3.05) is 5.32 Å². The molecule has 0 spiro atoms. The molecular weight excluding hydrogens is 495 g/mol. The first kappa shape index (κ1) is 22.1. The van der Waals surface area contributed by atoms with Gasteiger partial charge in [0.05, 0.1) is 11.4 Å². The van der Waals surface area contributed by atoms with E-state index in [-0.39, 0.29) is 5.69 Å². The van der Waals surface area contributed by atoms with Crippen molar-refractivity contribution in [2.45, 2.75) is 24.8 Å². The van der Waals surface area contributed by atoms with E-state index in [9.17, 15) is 9.18 Å². The third kappa shape index (κ3) is 5.20. The van der Waals surface area contributed by atoms with Crippen molar-refractivity contribution in [1.29, 1.82) is 0 Å². The van der Waals surface area contributed by atoms with E-state index < -0.39 is 11.7 Å². The first-order valence-electron chi connectivity index (χ1n) is 9.61. The van der Waals surface area contributed by atoms with Crippen LogP contribution in [0.15, 0.2) is 64.2 Å². The number of halogens is 2. The minimum atomic E-state index is -0.476. The molecule has 0 aliphatic carbocycles. The molecule has 2 heterocycles. The van der Waals surface area contributed by atoms with E-state index in [1.807, 2.05) is 44.2 Å². The van der Waals surface area contributed by atoms with E-state index in [2.05, 4.69) is 41.5 Å². The highest BCUT2D eigenvalue weighted by atomic mass is 79.9. The van der Waals surface area contributed by atoms with Crippen LogP contribution in [0.25, 0.3) is 5.69 Å². The molecule has 32 heavy (non-hydrogen) atoms. The average Bonchev–Trinajstić information content (AvgIpc) is 3.16. The van der Waals surface area contributed by atoms with Gasteiger partial charge in [-0.25, -0.2) is 19.0 Å². The molecule has 7 nitrogen and oxygen atoms in total. The van der Waals surface area contributed by atoms with Crippen LogP contribution in [0.1, 0.15) is 27.6 Å². The largest absolute Gasteiger partial charge is 0.320 e. The Kier molecular flexibility index (Phi) is 6.61. The van der Waals surface area contributed by atoms with Crippen LogP contribution in [0, 0.1) is 19.7 Å². The van der Waals surface area contributed by atoms with E-state index in [4.69, 9.17) is 0 Å². The van der Waals surface area contributed by atoms with E-state index in [0.29, 0.717) is 22.3 Å². The fraction of sp³-hybridized carbons (Fsp3) is 0.136. The fourth-order valence-corrected chi connectivity index (χ4v) is 4.25. The second-order valence-corrected chi connectivity index (χ2v) is 8.82. The number of thioether (sulfide) groups is 1. The van der Waals surface area contributed by atoms with Gasteiger partial charge in [-0.05, 0) is 62.4 Å². The highest BCUT2D eigenvalue weighted by molar-refractivity contribution is 9.10. The van der Waals surface area contributed by atoms with Crippen LogP contribution in [0.2, 0.25) is 0 Å². The van der Waals surface area contributed by atoms with E-state index in [0.717, 1.165) is 21.5 Å². The molecule has 0 saturated carbocycles. The molecule has 162 valence electrons.